The van der Waals surface area contributed by atoms with E-state index in [4.69, 9.17) is 0 Å². The molecule has 146 valence electrons. The predicted octanol–water partition coefficient (Wildman–Crippen LogP) is 1.62. The summed E-state index contributed by atoms with van der Waals surface area (Å²) in [5.41, 5.74) is 0. The Kier molecular flexibility index (Phi) is 5.31. The van der Waals surface area contributed by atoms with Gasteiger partial charge in [0.1, 0.15) is 18.0 Å². The van der Waals surface area contributed by atoms with Crippen molar-refractivity contribution in [1.82, 2.24) is 19.4 Å². The number of aromatic nitrogens is 3. The lowest BCUT2D eigenvalue weighted by Gasteiger charge is -2.34. The van der Waals surface area contributed by atoms with Gasteiger partial charge in [-0.3, -0.25) is 0 Å². The number of hydrogen-bond donors (Lipinski definition) is 1. The first-order valence-corrected chi connectivity index (χ1v) is 9.89. The Morgan fingerprint density at radius 3 is 2.52 bits per heavy atom. The van der Waals surface area contributed by atoms with Crippen LogP contribution in [0.4, 0.5) is 11.6 Å². The molecule has 2 aliphatic rings. The van der Waals surface area contributed by atoms with Crippen LogP contribution >= 0.6 is 0 Å². The molecule has 7 nitrogen and oxygen atoms in total. The molecular formula is C20H30N6O. The molecule has 0 saturated carbocycles. The maximum Gasteiger partial charge on any atom is 0.134 e. The molecule has 4 rings (SSSR count). The van der Waals surface area contributed by atoms with Crippen LogP contribution in [0.1, 0.15) is 25.3 Å². The van der Waals surface area contributed by atoms with Gasteiger partial charge in [-0.1, -0.05) is 0 Å². The topological polar surface area (TPSA) is 60.7 Å². The molecule has 0 amide bonds. The molecule has 2 atom stereocenters. The molecule has 0 aliphatic carbocycles. The van der Waals surface area contributed by atoms with Crippen molar-refractivity contribution in [2.45, 2.75) is 37.5 Å². The zero-order valence-corrected chi connectivity index (χ0v) is 16.3. The minimum Gasteiger partial charge on any atom is -0.391 e. The standard InChI is InChI=1S/C20H30N6O/c1-23(2)13-17-11-18(27)14-26(17)20-12-19(21-15-22-20)25-9-5-16(6-10-25)24-7-3-4-8-24/h3-4,7-8,12,15-18,27H,5-6,9-11,13-14H2,1-2H3/t17-,18-/m1/s1. The second kappa shape index (κ2) is 7.86. The molecule has 0 aromatic carbocycles. The summed E-state index contributed by atoms with van der Waals surface area (Å²) in [4.78, 5) is 15.8. The summed E-state index contributed by atoms with van der Waals surface area (Å²) in [6, 6.07) is 7.15. The molecule has 27 heavy (non-hydrogen) atoms. The number of aliphatic hydroxyl groups is 1. The van der Waals surface area contributed by atoms with Gasteiger partial charge in [0.05, 0.1) is 6.10 Å². The van der Waals surface area contributed by atoms with E-state index in [0.717, 1.165) is 50.5 Å². The molecule has 2 aliphatic heterocycles. The first kappa shape index (κ1) is 18.3. The quantitative estimate of drug-likeness (QED) is 0.863. The lowest BCUT2D eigenvalue weighted by atomic mass is 10.0. The van der Waals surface area contributed by atoms with E-state index < -0.39 is 0 Å². The van der Waals surface area contributed by atoms with Gasteiger partial charge in [-0.15, -0.1) is 0 Å². The second-order valence-corrected chi connectivity index (χ2v) is 8.04. The highest BCUT2D eigenvalue weighted by Crippen LogP contribution is 2.29. The molecule has 7 heteroatoms. The fourth-order valence-corrected chi connectivity index (χ4v) is 4.42. The second-order valence-electron chi connectivity index (χ2n) is 8.04. The monoisotopic (exact) mass is 370 g/mol. The third-order valence-electron chi connectivity index (χ3n) is 5.74. The van der Waals surface area contributed by atoms with Crippen LogP contribution in [0.15, 0.2) is 36.9 Å². The van der Waals surface area contributed by atoms with Crippen molar-refractivity contribution in [2.75, 3.05) is 50.1 Å². The van der Waals surface area contributed by atoms with Crippen LogP contribution in [0.25, 0.3) is 0 Å². The SMILES string of the molecule is CN(C)C[C@H]1C[C@@H](O)CN1c1cc(N2CCC(n3cccc3)CC2)ncn1. The summed E-state index contributed by atoms with van der Waals surface area (Å²) in [5, 5.41) is 10.2. The van der Waals surface area contributed by atoms with Gasteiger partial charge in [-0.25, -0.2) is 9.97 Å². The maximum absolute atomic E-state index is 10.2. The third kappa shape index (κ3) is 4.09. The molecule has 2 fully saturated rings. The fourth-order valence-electron chi connectivity index (χ4n) is 4.42. The molecule has 1 N–H and O–H groups in total. The average Bonchev–Trinajstić information content (AvgIpc) is 3.31. The van der Waals surface area contributed by atoms with Crippen molar-refractivity contribution in [3.63, 3.8) is 0 Å². The van der Waals surface area contributed by atoms with E-state index in [2.05, 4.69) is 73.9 Å². The van der Waals surface area contributed by atoms with Crippen molar-refractivity contribution in [2.24, 2.45) is 0 Å². The van der Waals surface area contributed by atoms with Gasteiger partial charge in [-0.2, -0.15) is 0 Å². The smallest absolute Gasteiger partial charge is 0.134 e. The van der Waals surface area contributed by atoms with E-state index >= 15 is 0 Å². The first-order valence-electron chi connectivity index (χ1n) is 9.89. The normalized spacial score (nSPS) is 24.1. The summed E-state index contributed by atoms with van der Waals surface area (Å²) in [7, 11) is 4.15. The highest BCUT2D eigenvalue weighted by molar-refractivity contribution is 5.52. The van der Waals surface area contributed by atoms with Crippen LogP contribution in [0.2, 0.25) is 0 Å². The summed E-state index contributed by atoms with van der Waals surface area (Å²) in [6.45, 7) is 3.56. The molecule has 2 saturated heterocycles. The van der Waals surface area contributed by atoms with Crippen LogP contribution < -0.4 is 9.80 Å². The van der Waals surface area contributed by atoms with Gasteiger partial charge in [-0.05, 0) is 45.5 Å². The Bertz CT molecular complexity index is 726. The van der Waals surface area contributed by atoms with Gasteiger partial charge < -0.3 is 24.4 Å². The lowest BCUT2D eigenvalue weighted by Crippen LogP contribution is -2.38. The Balaban J connectivity index is 1.45. The number of aliphatic hydroxyl groups excluding tert-OH is 1. The molecule has 0 radical (unpaired) electrons. The van der Waals surface area contributed by atoms with E-state index in [1.165, 1.54) is 0 Å². The van der Waals surface area contributed by atoms with Crippen LogP contribution in [-0.4, -0.2) is 77.0 Å². The van der Waals surface area contributed by atoms with Gasteiger partial charge >= 0.3 is 0 Å². The average molecular weight is 371 g/mol. The number of anilines is 2. The predicted molar refractivity (Wildman–Crippen MR) is 107 cm³/mol. The molecule has 0 spiro atoms. The zero-order valence-electron chi connectivity index (χ0n) is 16.3. The fraction of sp³-hybridized carbons (Fsp3) is 0.600. The van der Waals surface area contributed by atoms with Crippen molar-refractivity contribution in [3.05, 3.63) is 36.9 Å². The van der Waals surface area contributed by atoms with Crippen LogP contribution in [-0.2, 0) is 0 Å². The van der Waals surface area contributed by atoms with Crippen molar-refractivity contribution >= 4 is 11.6 Å². The molecule has 0 unspecified atom stereocenters. The largest absolute Gasteiger partial charge is 0.391 e. The van der Waals surface area contributed by atoms with Gasteiger partial charge in [0.2, 0.25) is 0 Å². The molecule has 2 aromatic rings. The van der Waals surface area contributed by atoms with Crippen molar-refractivity contribution in [1.29, 1.82) is 0 Å². The number of piperidine rings is 1. The summed E-state index contributed by atoms with van der Waals surface area (Å²) >= 11 is 0. The van der Waals surface area contributed by atoms with Crippen LogP contribution in [0.5, 0.6) is 0 Å². The Labute approximate surface area is 161 Å². The number of likely N-dealkylation sites (N-methyl/N-ethyl adjacent to an activating group) is 1. The van der Waals surface area contributed by atoms with E-state index in [1.807, 2.05) is 0 Å². The molecule has 4 heterocycles. The minimum absolute atomic E-state index is 0.286. The number of hydrogen-bond acceptors (Lipinski definition) is 6. The zero-order chi connectivity index (χ0) is 18.8. The van der Waals surface area contributed by atoms with Crippen LogP contribution in [0.3, 0.4) is 0 Å². The Morgan fingerprint density at radius 2 is 1.81 bits per heavy atom. The summed E-state index contributed by atoms with van der Waals surface area (Å²) < 4.78 is 2.32. The molecule has 0 bridgehead atoms. The minimum atomic E-state index is -0.286. The first-order chi connectivity index (χ1) is 13.1. The van der Waals surface area contributed by atoms with E-state index in [9.17, 15) is 5.11 Å². The summed E-state index contributed by atoms with van der Waals surface area (Å²) in [5.74, 6) is 1.92. The molecular weight excluding hydrogens is 340 g/mol. The van der Waals surface area contributed by atoms with Crippen LogP contribution in [0, 0.1) is 0 Å². The van der Waals surface area contributed by atoms with Gasteiger partial charge in [0.25, 0.3) is 0 Å². The number of nitrogens with zero attached hydrogens (tertiary/aromatic N) is 6. The highest BCUT2D eigenvalue weighted by Gasteiger charge is 2.32. The third-order valence-corrected chi connectivity index (χ3v) is 5.74. The van der Waals surface area contributed by atoms with Crippen molar-refractivity contribution < 1.29 is 5.11 Å². The van der Waals surface area contributed by atoms with Gasteiger partial charge in [0, 0.05) is 56.7 Å². The van der Waals surface area contributed by atoms with E-state index in [0.29, 0.717) is 12.6 Å². The van der Waals surface area contributed by atoms with Gasteiger partial charge in [0.15, 0.2) is 0 Å². The lowest BCUT2D eigenvalue weighted by molar-refractivity contribution is 0.191. The summed E-state index contributed by atoms with van der Waals surface area (Å²) in [6.07, 6.45) is 8.74. The number of β-amino-alcohol motifs (C(OH)–C–C–N with tert-alkyl or cyclic N) is 1. The maximum atomic E-state index is 10.2. The molecule has 2 aromatic heterocycles. The number of rotatable bonds is 5. The van der Waals surface area contributed by atoms with E-state index in [1.54, 1.807) is 6.33 Å². The van der Waals surface area contributed by atoms with Crippen molar-refractivity contribution in [3.8, 4) is 0 Å². The Hall–Kier alpha value is -2.12. The highest BCUT2D eigenvalue weighted by atomic mass is 16.3. The van der Waals surface area contributed by atoms with E-state index in [-0.39, 0.29) is 12.1 Å². The Morgan fingerprint density at radius 1 is 1.11 bits per heavy atom.